The van der Waals surface area contributed by atoms with Crippen LogP contribution in [0.4, 0.5) is 0 Å². The van der Waals surface area contributed by atoms with E-state index in [0.29, 0.717) is 6.42 Å². The molecule has 2 heterocycles. The number of methoxy groups -OCH3 is 1. The lowest BCUT2D eigenvalue weighted by molar-refractivity contribution is -0.132. The first-order chi connectivity index (χ1) is 12.2. The SMILES string of the molecule is COc1cccc(CCCN2CCN(C(=O)Cc3cccs3)CC2)c1. The molecule has 0 radical (unpaired) electrons. The van der Waals surface area contributed by atoms with Gasteiger partial charge in [-0.25, -0.2) is 0 Å². The zero-order valence-corrected chi connectivity index (χ0v) is 15.6. The Hall–Kier alpha value is -1.85. The molecule has 0 N–H and O–H groups in total. The van der Waals surface area contributed by atoms with Gasteiger partial charge in [-0.1, -0.05) is 18.2 Å². The van der Waals surface area contributed by atoms with Gasteiger partial charge in [0, 0.05) is 31.1 Å². The van der Waals surface area contributed by atoms with E-state index in [0.717, 1.165) is 56.2 Å². The molecule has 1 aliphatic rings. The fraction of sp³-hybridized carbons (Fsp3) is 0.450. The molecule has 1 amide bonds. The third-order valence-corrected chi connectivity index (χ3v) is 5.58. The highest BCUT2D eigenvalue weighted by Gasteiger charge is 2.21. The summed E-state index contributed by atoms with van der Waals surface area (Å²) in [7, 11) is 1.71. The summed E-state index contributed by atoms with van der Waals surface area (Å²) in [5.41, 5.74) is 1.32. The van der Waals surface area contributed by atoms with Gasteiger partial charge in [-0.2, -0.15) is 0 Å². The van der Waals surface area contributed by atoms with Crippen LogP contribution in [-0.2, 0) is 17.6 Å². The first-order valence-corrected chi connectivity index (χ1v) is 9.78. The summed E-state index contributed by atoms with van der Waals surface area (Å²) in [5.74, 6) is 1.19. The summed E-state index contributed by atoms with van der Waals surface area (Å²) < 4.78 is 5.28. The Kier molecular flexibility index (Phi) is 6.48. The van der Waals surface area contributed by atoms with Crippen LogP contribution in [0.15, 0.2) is 41.8 Å². The summed E-state index contributed by atoms with van der Waals surface area (Å²) in [6.07, 6.45) is 2.75. The average molecular weight is 359 g/mol. The number of carbonyl (C=O) groups excluding carboxylic acids is 1. The van der Waals surface area contributed by atoms with Gasteiger partial charge in [-0.3, -0.25) is 9.69 Å². The van der Waals surface area contributed by atoms with Crippen LogP contribution in [0.25, 0.3) is 0 Å². The first-order valence-electron chi connectivity index (χ1n) is 8.90. The maximum absolute atomic E-state index is 12.3. The fourth-order valence-electron chi connectivity index (χ4n) is 3.23. The van der Waals surface area contributed by atoms with E-state index in [1.54, 1.807) is 18.4 Å². The van der Waals surface area contributed by atoms with Gasteiger partial charge < -0.3 is 9.64 Å². The minimum absolute atomic E-state index is 0.262. The van der Waals surface area contributed by atoms with Gasteiger partial charge in [0.15, 0.2) is 0 Å². The first kappa shape index (κ1) is 18.0. The van der Waals surface area contributed by atoms with Gasteiger partial charge in [0.2, 0.25) is 5.91 Å². The smallest absolute Gasteiger partial charge is 0.227 e. The van der Waals surface area contributed by atoms with Gasteiger partial charge >= 0.3 is 0 Å². The van der Waals surface area contributed by atoms with Crippen molar-refractivity contribution >= 4 is 17.2 Å². The highest BCUT2D eigenvalue weighted by molar-refractivity contribution is 7.10. The number of carbonyl (C=O) groups is 1. The van der Waals surface area contributed by atoms with E-state index in [1.165, 1.54) is 5.56 Å². The zero-order valence-electron chi connectivity index (χ0n) is 14.8. The van der Waals surface area contributed by atoms with Gasteiger partial charge in [0.25, 0.3) is 0 Å². The van der Waals surface area contributed by atoms with Crippen LogP contribution in [0, 0.1) is 0 Å². The standard InChI is InChI=1S/C20H26N2O2S/c1-24-18-7-2-5-17(15-18)6-3-9-21-10-12-22(13-11-21)20(23)16-19-8-4-14-25-19/h2,4-5,7-8,14-15H,3,6,9-13,16H2,1H3. The summed E-state index contributed by atoms with van der Waals surface area (Å²) in [6.45, 7) is 4.75. The van der Waals surface area contributed by atoms with Crippen LogP contribution in [0.3, 0.4) is 0 Å². The van der Waals surface area contributed by atoms with Crippen molar-refractivity contribution in [3.05, 3.63) is 52.2 Å². The molecule has 1 aromatic carbocycles. The number of piperazine rings is 1. The molecule has 0 aliphatic carbocycles. The predicted octanol–water partition coefficient (Wildman–Crippen LogP) is 3.08. The van der Waals surface area contributed by atoms with Gasteiger partial charge in [-0.05, 0) is 48.5 Å². The van der Waals surface area contributed by atoms with Crippen molar-refractivity contribution in [2.45, 2.75) is 19.3 Å². The Morgan fingerprint density at radius 2 is 2.00 bits per heavy atom. The van der Waals surface area contributed by atoms with E-state index in [2.05, 4.69) is 17.0 Å². The van der Waals surface area contributed by atoms with Crippen LogP contribution in [-0.4, -0.2) is 55.5 Å². The molecule has 0 atom stereocenters. The minimum atomic E-state index is 0.262. The van der Waals surface area contributed by atoms with E-state index in [1.807, 2.05) is 34.5 Å². The van der Waals surface area contributed by atoms with E-state index in [9.17, 15) is 4.79 Å². The van der Waals surface area contributed by atoms with Crippen molar-refractivity contribution in [2.24, 2.45) is 0 Å². The molecule has 1 saturated heterocycles. The van der Waals surface area contributed by atoms with Crippen LogP contribution in [0.1, 0.15) is 16.9 Å². The number of nitrogens with zero attached hydrogens (tertiary/aromatic N) is 2. The van der Waals surface area contributed by atoms with Crippen LogP contribution in [0.2, 0.25) is 0 Å². The van der Waals surface area contributed by atoms with Gasteiger partial charge in [0.05, 0.1) is 13.5 Å². The highest BCUT2D eigenvalue weighted by Crippen LogP contribution is 2.15. The van der Waals surface area contributed by atoms with Crippen molar-refractivity contribution < 1.29 is 9.53 Å². The Morgan fingerprint density at radius 3 is 2.72 bits per heavy atom. The number of rotatable bonds is 7. The quantitative estimate of drug-likeness (QED) is 0.763. The molecule has 1 aromatic heterocycles. The Bertz CT molecular complexity index is 664. The van der Waals surface area contributed by atoms with E-state index < -0.39 is 0 Å². The summed E-state index contributed by atoms with van der Waals surface area (Å²) >= 11 is 1.66. The monoisotopic (exact) mass is 358 g/mol. The molecule has 3 rings (SSSR count). The largest absolute Gasteiger partial charge is 0.497 e. The lowest BCUT2D eigenvalue weighted by atomic mass is 10.1. The molecule has 0 saturated carbocycles. The normalized spacial score (nSPS) is 15.3. The molecule has 2 aromatic rings. The van der Waals surface area contributed by atoms with Crippen molar-refractivity contribution in [3.8, 4) is 5.75 Å². The van der Waals surface area contributed by atoms with Crippen LogP contribution in [0.5, 0.6) is 5.75 Å². The molecule has 1 aliphatic heterocycles. The third kappa shape index (κ3) is 5.31. The minimum Gasteiger partial charge on any atom is -0.497 e. The number of benzene rings is 1. The highest BCUT2D eigenvalue weighted by atomic mass is 32.1. The molecule has 0 bridgehead atoms. The second kappa shape index (κ2) is 9.02. The molecule has 5 heteroatoms. The summed E-state index contributed by atoms with van der Waals surface area (Å²) in [6, 6.07) is 12.3. The van der Waals surface area contributed by atoms with Crippen molar-refractivity contribution in [2.75, 3.05) is 39.8 Å². The van der Waals surface area contributed by atoms with Crippen molar-refractivity contribution in [1.82, 2.24) is 9.80 Å². The summed E-state index contributed by atoms with van der Waals surface area (Å²) in [4.78, 5) is 18.0. The Balaban J connectivity index is 1.37. The lowest BCUT2D eigenvalue weighted by Gasteiger charge is -2.34. The maximum atomic E-state index is 12.3. The molecule has 25 heavy (non-hydrogen) atoms. The second-order valence-electron chi connectivity index (χ2n) is 6.43. The lowest BCUT2D eigenvalue weighted by Crippen LogP contribution is -2.49. The van der Waals surface area contributed by atoms with Gasteiger partial charge in [-0.15, -0.1) is 11.3 Å². The number of ether oxygens (including phenoxy) is 1. The van der Waals surface area contributed by atoms with E-state index >= 15 is 0 Å². The molecule has 0 spiro atoms. The van der Waals surface area contributed by atoms with E-state index in [4.69, 9.17) is 4.74 Å². The maximum Gasteiger partial charge on any atom is 0.227 e. The Labute approximate surface area is 154 Å². The summed E-state index contributed by atoms with van der Waals surface area (Å²) in [5, 5.41) is 2.03. The number of hydrogen-bond donors (Lipinski definition) is 0. The molecule has 4 nitrogen and oxygen atoms in total. The fourth-order valence-corrected chi connectivity index (χ4v) is 3.93. The zero-order chi connectivity index (χ0) is 17.5. The topological polar surface area (TPSA) is 32.8 Å². The van der Waals surface area contributed by atoms with Gasteiger partial charge in [0.1, 0.15) is 5.75 Å². The average Bonchev–Trinajstić information content (AvgIpc) is 3.15. The molecule has 134 valence electrons. The molecular weight excluding hydrogens is 332 g/mol. The second-order valence-corrected chi connectivity index (χ2v) is 7.47. The third-order valence-electron chi connectivity index (χ3n) is 4.70. The molecule has 1 fully saturated rings. The number of hydrogen-bond acceptors (Lipinski definition) is 4. The van der Waals surface area contributed by atoms with E-state index in [-0.39, 0.29) is 5.91 Å². The number of amides is 1. The molecule has 0 unspecified atom stereocenters. The number of thiophene rings is 1. The predicted molar refractivity (Wildman–Crippen MR) is 102 cm³/mol. The Morgan fingerprint density at radius 1 is 1.16 bits per heavy atom. The number of aryl methyl sites for hydroxylation is 1. The van der Waals surface area contributed by atoms with Crippen LogP contribution < -0.4 is 4.74 Å². The van der Waals surface area contributed by atoms with Crippen LogP contribution >= 0.6 is 11.3 Å². The van der Waals surface area contributed by atoms with Crippen molar-refractivity contribution in [3.63, 3.8) is 0 Å². The van der Waals surface area contributed by atoms with Crippen molar-refractivity contribution in [1.29, 1.82) is 0 Å². The molecular formula is C20H26N2O2S.